The first kappa shape index (κ1) is 10.6. The van der Waals surface area contributed by atoms with Crippen LogP contribution in [0.1, 0.15) is 24.4 Å². The molecule has 0 radical (unpaired) electrons. The number of rotatable bonds is 2. The summed E-state index contributed by atoms with van der Waals surface area (Å²) < 4.78 is 1.25. The van der Waals surface area contributed by atoms with Gasteiger partial charge in [0.2, 0.25) is 0 Å². The maximum Gasteiger partial charge on any atom is 0.0907 e. The van der Waals surface area contributed by atoms with Crippen molar-refractivity contribution in [1.29, 1.82) is 0 Å². The van der Waals surface area contributed by atoms with Gasteiger partial charge in [-0.2, -0.15) is 0 Å². The van der Waals surface area contributed by atoms with Crippen LogP contribution in [0.4, 0.5) is 0 Å². The van der Waals surface area contributed by atoms with Crippen molar-refractivity contribution in [1.82, 2.24) is 4.98 Å². The molecule has 0 spiro atoms. The van der Waals surface area contributed by atoms with E-state index in [1.165, 1.54) is 10.3 Å². The number of aryl methyl sites for hydroxylation is 1. The molecule has 0 bridgehead atoms. The van der Waals surface area contributed by atoms with Gasteiger partial charge in [-0.3, -0.25) is 0 Å². The summed E-state index contributed by atoms with van der Waals surface area (Å²) in [6.45, 7) is 7.01. The molecule has 1 heterocycles. The Morgan fingerprint density at radius 1 is 1.40 bits per heavy atom. The maximum absolute atomic E-state index is 5.77. The third kappa shape index (κ3) is 1.90. The lowest BCUT2D eigenvalue weighted by atomic mass is 9.85. The van der Waals surface area contributed by atoms with Crippen LogP contribution in [0.3, 0.4) is 0 Å². The van der Waals surface area contributed by atoms with Crippen LogP contribution >= 0.6 is 11.3 Å². The molecular weight excluding hydrogens is 204 g/mol. The molecule has 0 aliphatic rings. The summed E-state index contributed by atoms with van der Waals surface area (Å²) in [6.07, 6.45) is 0. The molecule has 0 amide bonds. The lowest BCUT2D eigenvalue weighted by Crippen LogP contribution is -2.27. The predicted octanol–water partition coefficient (Wildman–Crippen LogP) is 2.84. The fourth-order valence-corrected chi connectivity index (χ4v) is 2.39. The van der Waals surface area contributed by atoms with E-state index in [9.17, 15) is 0 Å². The van der Waals surface area contributed by atoms with Crippen molar-refractivity contribution >= 4 is 21.6 Å². The van der Waals surface area contributed by atoms with Gasteiger partial charge in [0.05, 0.1) is 15.2 Å². The molecule has 0 saturated heterocycles. The van der Waals surface area contributed by atoms with Crippen LogP contribution in [0.25, 0.3) is 10.2 Å². The molecule has 0 fully saturated rings. The molecule has 2 rings (SSSR count). The first-order chi connectivity index (χ1) is 7.03. The second kappa shape index (κ2) is 3.58. The van der Waals surface area contributed by atoms with Crippen LogP contribution in [-0.2, 0) is 5.41 Å². The summed E-state index contributed by atoms with van der Waals surface area (Å²) in [7, 11) is 0. The van der Waals surface area contributed by atoms with E-state index in [0.29, 0.717) is 6.54 Å². The lowest BCUT2D eigenvalue weighted by Gasteiger charge is -2.22. The highest BCUT2D eigenvalue weighted by atomic mass is 32.1. The van der Waals surface area contributed by atoms with Crippen LogP contribution in [0.5, 0.6) is 0 Å². The van der Waals surface area contributed by atoms with Crippen molar-refractivity contribution < 1.29 is 0 Å². The van der Waals surface area contributed by atoms with E-state index in [1.54, 1.807) is 11.3 Å². The molecule has 80 valence electrons. The van der Waals surface area contributed by atoms with Crippen LogP contribution < -0.4 is 5.73 Å². The van der Waals surface area contributed by atoms with Gasteiger partial charge in [0.25, 0.3) is 0 Å². The van der Waals surface area contributed by atoms with Crippen molar-refractivity contribution in [3.63, 3.8) is 0 Å². The van der Waals surface area contributed by atoms with Crippen LogP contribution in [0, 0.1) is 6.92 Å². The second-order valence-electron chi connectivity index (χ2n) is 4.50. The smallest absolute Gasteiger partial charge is 0.0907 e. The number of hydrogen-bond acceptors (Lipinski definition) is 3. The fraction of sp³-hybridized carbons (Fsp3) is 0.417. The lowest BCUT2D eigenvalue weighted by molar-refractivity contribution is 0.539. The van der Waals surface area contributed by atoms with Crippen molar-refractivity contribution in [3.05, 3.63) is 28.8 Å². The Morgan fingerprint density at radius 2 is 2.13 bits per heavy atom. The SMILES string of the molecule is Cc1nc2cc(C(C)(C)CN)ccc2s1. The van der Waals surface area contributed by atoms with E-state index < -0.39 is 0 Å². The number of thiazole rings is 1. The van der Waals surface area contributed by atoms with E-state index >= 15 is 0 Å². The minimum atomic E-state index is 0.0334. The average molecular weight is 220 g/mol. The molecular formula is C12H16N2S. The Kier molecular flexibility index (Phi) is 2.52. The molecule has 0 aliphatic carbocycles. The molecule has 1 aromatic heterocycles. The summed E-state index contributed by atoms with van der Waals surface area (Å²) >= 11 is 1.74. The van der Waals surface area contributed by atoms with Crippen LogP contribution in [0.2, 0.25) is 0 Å². The van der Waals surface area contributed by atoms with Crippen molar-refractivity contribution in [2.45, 2.75) is 26.2 Å². The van der Waals surface area contributed by atoms with E-state index in [-0.39, 0.29) is 5.41 Å². The van der Waals surface area contributed by atoms with Crippen LogP contribution in [0.15, 0.2) is 18.2 Å². The molecule has 0 aliphatic heterocycles. The number of aromatic nitrogens is 1. The Balaban J connectivity index is 2.55. The van der Waals surface area contributed by atoms with Crippen molar-refractivity contribution in [2.75, 3.05) is 6.54 Å². The molecule has 2 N–H and O–H groups in total. The number of nitrogens with two attached hydrogens (primary N) is 1. The van der Waals surface area contributed by atoms with Gasteiger partial charge in [-0.25, -0.2) is 4.98 Å². The molecule has 15 heavy (non-hydrogen) atoms. The van der Waals surface area contributed by atoms with Gasteiger partial charge in [0.15, 0.2) is 0 Å². The van der Waals surface area contributed by atoms with Gasteiger partial charge in [-0.05, 0) is 24.6 Å². The molecule has 2 nitrogen and oxygen atoms in total. The monoisotopic (exact) mass is 220 g/mol. The molecule has 3 heteroatoms. The summed E-state index contributed by atoms with van der Waals surface area (Å²) in [5.41, 5.74) is 8.16. The molecule has 0 saturated carbocycles. The summed E-state index contributed by atoms with van der Waals surface area (Å²) in [4.78, 5) is 4.50. The number of hydrogen-bond donors (Lipinski definition) is 1. The van der Waals surface area contributed by atoms with Gasteiger partial charge in [0.1, 0.15) is 0 Å². The molecule has 2 aromatic rings. The third-order valence-electron chi connectivity index (χ3n) is 2.79. The topological polar surface area (TPSA) is 38.9 Å². The fourth-order valence-electron chi connectivity index (χ4n) is 1.58. The zero-order valence-electron chi connectivity index (χ0n) is 9.37. The average Bonchev–Trinajstić information content (AvgIpc) is 2.56. The Labute approximate surface area is 94.1 Å². The van der Waals surface area contributed by atoms with Crippen molar-refractivity contribution in [3.8, 4) is 0 Å². The zero-order valence-corrected chi connectivity index (χ0v) is 10.2. The number of nitrogens with zero attached hydrogens (tertiary/aromatic N) is 1. The van der Waals surface area contributed by atoms with Gasteiger partial charge in [-0.15, -0.1) is 11.3 Å². The van der Waals surface area contributed by atoms with Gasteiger partial charge < -0.3 is 5.73 Å². The highest BCUT2D eigenvalue weighted by molar-refractivity contribution is 7.18. The Bertz CT molecular complexity index is 485. The highest BCUT2D eigenvalue weighted by Crippen LogP contribution is 2.28. The summed E-state index contributed by atoms with van der Waals surface area (Å²) in [5.74, 6) is 0. The minimum absolute atomic E-state index is 0.0334. The van der Waals surface area contributed by atoms with E-state index in [0.717, 1.165) is 10.5 Å². The van der Waals surface area contributed by atoms with Gasteiger partial charge in [-0.1, -0.05) is 19.9 Å². The molecule has 0 atom stereocenters. The van der Waals surface area contributed by atoms with E-state index in [2.05, 4.69) is 37.0 Å². The van der Waals surface area contributed by atoms with Crippen molar-refractivity contribution in [2.24, 2.45) is 5.73 Å². The Hall–Kier alpha value is -0.930. The van der Waals surface area contributed by atoms with E-state index in [4.69, 9.17) is 5.73 Å². The van der Waals surface area contributed by atoms with Gasteiger partial charge >= 0.3 is 0 Å². The molecule has 1 aromatic carbocycles. The third-order valence-corrected chi connectivity index (χ3v) is 3.74. The first-order valence-electron chi connectivity index (χ1n) is 5.11. The maximum atomic E-state index is 5.77. The summed E-state index contributed by atoms with van der Waals surface area (Å²) in [6, 6.07) is 6.46. The quantitative estimate of drug-likeness (QED) is 0.845. The predicted molar refractivity (Wildman–Crippen MR) is 66.4 cm³/mol. The normalized spacial score (nSPS) is 12.3. The second-order valence-corrected chi connectivity index (χ2v) is 5.74. The van der Waals surface area contributed by atoms with E-state index in [1.807, 2.05) is 6.92 Å². The minimum Gasteiger partial charge on any atom is -0.330 e. The Morgan fingerprint density at radius 3 is 2.80 bits per heavy atom. The van der Waals surface area contributed by atoms with Crippen LogP contribution in [-0.4, -0.2) is 11.5 Å². The first-order valence-corrected chi connectivity index (χ1v) is 5.92. The molecule has 0 unspecified atom stereocenters. The number of fused-ring (bicyclic) bond motifs is 1. The standard InChI is InChI=1S/C12H16N2S/c1-8-14-10-6-9(12(2,3)7-13)4-5-11(10)15-8/h4-6H,7,13H2,1-3H3. The zero-order chi connectivity index (χ0) is 11.1. The highest BCUT2D eigenvalue weighted by Gasteiger charge is 2.19. The number of benzene rings is 1. The summed E-state index contributed by atoms with van der Waals surface area (Å²) in [5, 5.41) is 1.12. The largest absolute Gasteiger partial charge is 0.330 e. The van der Waals surface area contributed by atoms with Gasteiger partial charge in [0, 0.05) is 12.0 Å².